The van der Waals surface area contributed by atoms with E-state index in [0.29, 0.717) is 0 Å². The quantitative estimate of drug-likeness (QED) is 0.769. The Bertz CT molecular complexity index is 412. The predicted octanol–water partition coefficient (Wildman–Crippen LogP) is 2.27. The molecule has 0 aliphatic heterocycles. The molecule has 114 valence electrons. The van der Waals surface area contributed by atoms with Crippen molar-refractivity contribution in [2.24, 2.45) is 0 Å². The number of aliphatic hydroxyl groups excluding tert-OH is 1. The smallest absolute Gasteiger partial charge is 0.165 e. The number of benzene rings is 1. The summed E-state index contributed by atoms with van der Waals surface area (Å²) >= 11 is 0. The van der Waals surface area contributed by atoms with E-state index < -0.39 is 11.9 Å². The van der Waals surface area contributed by atoms with E-state index in [-0.39, 0.29) is 31.1 Å². The molecule has 0 amide bonds. The Morgan fingerprint density at radius 1 is 1.25 bits per heavy atom. The lowest BCUT2D eigenvalue weighted by Gasteiger charge is -2.16. The van der Waals surface area contributed by atoms with Crippen LogP contribution in [0.2, 0.25) is 0 Å². The molecule has 0 bridgehead atoms. The molecular formula is C15H24FNO3. The average Bonchev–Trinajstić information content (AvgIpc) is 2.42. The summed E-state index contributed by atoms with van der Waals surface area (Å²) in [5.41, 5.74) is 0.848. The van der Waals surface area contributed by atoms with Crippen molar-refractivity contribution >= 4 is 0 Å². The Hall–Kier alpha value is -1.17. The fourth-order valence-corrected chi connectivity index (χ4v) is 1.61. The van der Waals surface area contributed by atoms with Crippen LogP contribution in [0.5, 0.6) is 5.75 Å². The van der Waals surface area contributed by atoms with Crippen LogP contribution < -0.4 is 10.1 Å². The van der Waals surface area contributed by atoms with Gasteiger partial charge in [-0.2, -0.15) is 0 Å². The molecule has 0 saturated heterocycles. The van der Waals surface area contributed by atoms with Crippen molar-refractivity contribution < 1.29 is 19.0 Å². The molecule has 20 heavy (non-hydrogen) atoms. The summed E-state index contributed by atoms with van der Waals surface area (Å²) in [6.45, 7) is 5.89. The van der Waals surface area contributed by atoms with Gasteiger partial charge in [0.15, 0.2) is 11.6 Å². The lowest BCUT2D eigenvalue weighted by molar-refractivity contribution is -0.0127. The number of nitrogens with one attached hydrogen (secondary N) is 1. The molecule has 0 aliphatic rings. The largest absolute Gasteiger partial charge is 0.488 e. The van der Waals surface area contributed by atoms with E-state index in [1.807, 2.05) is 27.8 Å². The minimum absolute atomic E-state index is 0.00453. The molecule has 0 saturated carbocycles. The standard InChI is InChI=1S/C15H24FNO3/c1-10(2)19-8-13(18)9-20-15-6-5-12(7-14(15)16)11(3)17-4/h5-7,10-11,13,17-18H,8-9H2,1-4H3. The van der Waals surface area contributed by atoms with E-state index in [1.54, 1.807) is 12.1 Å². The molecule has 0 heterocycles. The fourth-order valence-electron chi connectivity index (χ4n) is 1.61. The highest BCUT2D eigenvalue weighted by Crippen LogP contribution is 2.22. The molecule has 0 radical (unpaired) electrons. The molecule has 1 aromatic carbocycles. The first-order chi connectivity index (χ1) is 9.43. The van der Waals surface area contributed by atoms with Gasteiger partial charge in [-0.25, -0.2) is 4.39 Å². The molecule has 2 atom stereocenters. The van der Waals surface area contributed by atoms with Crippen molar-refractivity contribution in [3.63, 3.8) is 0 Å². The van der Waals surface area contributed by atoms with Gasteiger partial charge >= 0.3 is 0 Å². The maximum absolute atomic E-state index is 13.8. The van der Waals surface area contributed by atoms with Gasteiger partial charge in [0, 0.05) is 6.04 Å². The topological polar surface area (TPSA) is 50.7 Å². The molecular weight excluding hydrogens is 261 g/mol. The number of aliphatic hydroxyl groups is 1. The molecule has 2 unspecified atom stereocenters. The van der Waals surface area contributed by atoms with E-state index >= 15 is 0 Å². The minimum atomic E-state index is -0.771. The minimum Gasteiger partial charge on any atom is -0.488 e. The lowest BCUT2D eigenvalue weighted by Crippen LogP contribution is -2.25. The molecule has 0 spiro atoms. The Morgan fingerprint density at radius 2 is 1.95 bits per heavy atom. The molecule has 1 aromatic rings. The van der Waals surface area contributed by atoms with Crippen LogP contribution in [0.25, 0.3) is 0 Å². The van der Waals surface area contributed by atoms with Crippen LogP contribution in [0, 0.1) is 5.82 Å². The number of halogens is 1. The van der Waals surface area contributed by atoms with Crippen molar-refractivity contribution in [3.8, 4) is 5.75 Å². The first-order valence-corrected chi connectivity index (χ1v) is 6.83. The molecule has 0 aromatic heterocycles. The third-order valence-electron chi connectivity index (χ3n) is 2.94. The van der Waals surface area contributed by atoms with Gasteiger partial charge < -0.3 is 19.9 Å². The van der Waals surface area contributed by atoms with E-state index in [9.17, 15) is 9.50 Å². The SMILES string of the molecule is CNC(C)c1ccc(OCC(O)COC(C)C)c(F)c1. The second-order valence-electron chi connectivity index (χ2n) is 5.05. The van der Waals surface area contributed by atoms with Gasteiger partial charge in [0.25, 0.3) is 0 Å². The first kappa shape index (κ1) is 16.9. The van der Waals surface area contributed by atoms with Crippen LogP contribution >= 0.6 is 0 Å². The Morgan fingerprint density at radius 3 is 2.50 bits per heavy atom. The molecule has 0 aliphatic carbocycles. The van der Waals surface area contributed by atoms with Crippen molar-refractivity contribution in [1.29, 1.82) is 0 Å². The van der Waals surface area contributed by atoms with Gasteiger partial charge in [0.2, 0.25) is 0 Å². The summed E-state index contributed by atoms with van der Waals surface area (Å²) in [5, 5.41) is 12.7. The van der Waals surface area contributed by atoms with Gasteiger partial charge in [-0.1, -0.05) is 6.07 Å². The highest BCUT2D eigenvalue weighted by molar-refractivity contribution is 5.30. The maximum Gasteiger partial charge on any atom is 0.165 e. The third-order valence-corrected chi connectivity index (χ3v) is 2.94. The Labute approximate surface area is 119 Å². The van der Waals surface area contributed by atoms with E-state index in [0.717, 1.165) is 5.56 Å². The zero-order chi connectivity index (χ0) is 15.1. The average molecular weight is 285 g/mol. The van der Waals surface area contributed by atoms with Crippen LogP contribution in [0.4, 0.5) is 4.39 Å². The van der Waals surface area contributed by atoms with Crippen molar-refractivity contribution in [3.05, 3.63) is 29.6 Å². The number of hydrogen-bond donors (Lipinski definition) is 2. The summed E-state index contributed by atoms with van der Waals surface area (Å²) in [5.74, 6) is -0.290. The summed E-state index contributed by atoms with van der Waals surface area (Å²) in [4.78, 5) is 0. The number of rotatable bonds is 8. The number of hydrogen-bond acceptors (Lipinski definition) is 4. The van der Waals surface area contributed by atoms with Gasteiger partial charge in [-0.3, -0.25) is 0 Å². The van der Waals surface area contributed by atoms with E-state index in [4.69, 9.17) is 9.47 Å². The highest BCUT2D eigenvalue weighted by Gasteiger charge is 2.11. The summed E-state index contributed by atoms with van der Waals surface area (Å²) < 4.78 is 24.4. The van der Waals surface area contributed by atoms with Gasteiger partial charge in [0.05, 0.1) is 12.7 Å². The second kappa shape index (κ2) is 8.19. The van der Waals surface area contributed by atoms with E-state index in [1.165, 1.54) is 6.07 Å². The van der Waals surface area contributed by atoms with Crippen LogP contribution in [-0.2, 0) is 4.74 Å². The van der Waals surface area contributed by atoms with Crippen LogP contribution in [0.1, 0.15) is 32.4 Å². The Kier molecular flexibility index (Phi) is 6.91. The summed E-state index contributed by atoms with van der Waals surface area (Å²) in [6.07, 6.45) is -0.726. The molecule has 5 heteroatoms. The van der Waals surface area contributed by atoms with Crippen molar-refractivity contribution in [2.75, 3.05) is 20.3 Å². The van der Waals surface area contributed by atoms with Crippen LogP contribution in [-0.4, -0.2) is 37.6 Å². The predicted molar refractivity (Wildman–Crippen MR) is 76.5 cm³/mol. The first-order valence-electron chi connectivity index (χ1n) is 6.83. The number of ether oxygens (including phenoxy) is 2. The van der Waals surface area contributed by atoms with Gasteiger partial charge in [-0.05, 0) is 45.5 Å². The van der Waals surface area contributed by atoms with Crippen LogP contribution in [0.3, 0.4) is 0 Å². The van der Waals surface area contributed by atoms with E-state index in [2.05, 4.69) is 5.32 Å². The maximum atomic E-state index is 13.8. The van der Waals surface area contributed by atoms with Gasteiger partial charge in [-0.15, -0.1) is 0 Å². The normalized spacial score (nSPS) is 14.3. The monoisotopic (exact) mass is 285 g/mol. The third kappa shape index (κ3) is 5.45. The second-order valence-corrected chi connectivity index (χ2v) is 5.05. The van der Waals surface area contributed by atoms with Gasteiger partial charge in [0.1, 0.15) is 12.7 Å². The zero-order valence-electron chi connectivity index (χ0n) is 12.5. The summed E-state index contributed by atoms with van der Waals surface area (Å²) in [6, 6.07) is 4.89. The van der Waals surface area contributed by atoms with Crippen LogP contribution in [0.15, 0.2) is 18.2 Å². The fraction of sp³-hybridized carbons (Fsp3) is 0.600. The Balaban J connectivity index is 2.52. The summed E-state index contributed by atoms with van der Waals surface area (Å²) in [7, 11) is 1.82. The lowest BCUT2D eigenvalue weighted by atomic mass is 10.1. The zero-order valence-corrected chi connectivity index (χ0v) is 12.5. The highest BCUT2D eigenvalue weighted by atomic mass is 19.1. The van der Waals surface area contributed by atoms with Crippen molar-refractivity contribution in [2.45, 2.75) is 39.0 Å². The van der Waals surface area contributed by atoms with Crippen molar-refractivity contribution in [1.82, 2.24) is 5.32 Å². The molecule has 1 rings (SSSR count). The molecule has 4 nitrogen and oxygen atoms in total. The molecule has 2 N–H and O–H groups in total. The molecule has 0 fully saturated rings.